The zero-order chi connectivity index (χ0) is 15.9. The molecule has 22 heavy (non-hydrogen) atoms. The fraction of sp³-hybridized carbons (Fsp3) is 0.333. The molecule has 0 spiro atoms. The standard InChI is InChI=1S/C18H23NO3/c1-13-5-7-14(8-6-13)11-19-12-15-9-10-16(20-2)18(22-4)17(15)21-3/h5-10,19H,11-12H2,1-4H3. The van der Waals surface area contributed by atoms with E-state index in [0.717, 1.165) is 12.1 Å². The predicted molar refractivity (Wildman–Crippen MR) is 87.8 cm³/mol. The summed E-state index contributed by atoms with van der Waals surface area (Å²) < 4.78 is 16.2. The molecule has 0 amide bonds. The van der Waals surface area contributed by atoms with Crippen molar-refractivity contribution in [3.63, 3.8) is 0 Å². The lowest BCUT2D eigenvalue weighted by Gasteiger charge is -2.16. The number of nitrogens with one attached hydrogen (secondary N) is 1. The summed E-state index contributed by atoms with van der Waals surface area (Å²) in [6.45, 7) is 3.58. The van der Waals surface area contributed by atoms with E-state index in [1.165, 1.54) is 11.1 Å². The van der Waals surface area contributed by atoms with Crippen LogP contribution in [0.3, 0.4) is 0 Å². The molecule has 0 aliphatic carbocycles. The van der Waals surface area contributed by atoms with Gasteiger partial charge in [-0.25, -0.2) is 0 Å². The van der Waals surface area contributed by atoms with Crippen molar-refractivity contribution in [1.29, 1.82) is 0 Å². The van der Waals surface area contributed by atoms with Crippen LogP contribution in [0.25, 0.3) is 0 Å². The molecular weight excluding hydrogens is 278 g/mol. The summed E-state index contributed by atoms with van der Waals surface area (Å²) >= 11 is 0. The molecule has 4 heteroatoms. The highest BCUT2D eigenvalue weighted by Crippen LogP contribution is 2.39. The monoisotopic (exact) mass is 301 g/mol. The van der Waals surface area contributed by atoms with Crippen molar-refractivity contribution in [2.75, 3.05) is 21.3 Å². The molecule has 4 nitrogen and oxygen atoms in total. The maximum Gasteiger partial charge on any atom is 0.203 e. The summed E-state index contributed by atoms with van der Waals surface area (Å²) in [6.07, 6.45) is 0. The van der Waals surface area contributed by atoms with E-state index in [1.54, 1.807) is 21.3 Å². The van der Waals surface area contributed by atoms with Gasteiger partial charge in [-0.2, -0.15) is 0 Å². The van der Waals surface area contributed by atoms with Crippen LogP contribution in [0.5, 0.6) is 17.2 Å². The van der Waals surface area contributed by atoms with Crippen molar-refractivity contribution in [2.45, 2.75) is 20.0 Å². The third-order valence-electron chi connectivity index (χ3n) is 3.55. The maximum atomic E-state index is 5.48. The normalized spacial score (nSPS) is 10.4. The molecule has 0 aliphatic heterocycles. The van der Waals surface area contributed by atoms with Crippen LogP contribution in [0.15, 0.2) is 36.4 Å². The van der Waals surface area contributed by atoms with Gasteiger partial charge in [-0.1, -0.05) is 35.9 Å². The van der Waals surface area contributed by atoms with E-state index in [-0.39, 0.29) is 0 Å². The molecule has 0 atom stereocenters. The Morgan fingerprint density at radius 1 is 0.773 bits per heavy atom. The molecule has 0 aliphatic rings. The minimum Gasteiger partial charge on any atom is -0.493 e. The SMILES string of the molecule is COc1ccc(CNCc2ccc(C)cc2)c(OC)c1OC. The van der Waals surface area contributed by atoms with Gasteiger partial charge in [-0.15, -0.1) is 0 Å². The summed E-state index contributed by atoms with van der Waals surface area (Å²) in [5, 5.41) is 3.42. The molecule has 118 valence electrons. The van der Waals surface area contributed by atoms with Gasteiger partial charge in [0.05, 0.1) is 21.3 Å². The Kier molecular flexibility index (Phi) is 5.67. The third-order valence-corrected chi connectivity index (χ3v) is 3.55. The molecule has 2 rings (SSSR count). The summed E-state index contributed by atoms with van der Waals surface area (Å²) in [5.41, 5.74) is 3.56. The van der Waals surface area contributed by atoms with Crippen molar-refractivity contribution in [2.24, 2.45) is 0 Å². The highest BCUT2D eigenvalue weighted by atomic mass is 16.5. The van der Waals surface area contributed by atoms with Crippen LogP contribution < -0.4 is 19.5 Å². The fourth-order valence-corrected chi connectivity index (χ4v) is 2.35. The second kappa shape index (κ2) is 7.71. The summed E-state index contributed by atoms with van der Waals surface area (Å²) in [4.78, 5) is 0. The predicted octanol–water partition coefficient (Wildman–Crippen LogP) is 3.31. The number of hydrogen-bond acceptors (Lipinski definition) is 4. The van der Waals surface area contributed by atoms with Gasteiger partial charge in [0.1, 0.15) is 0 Å². The average Bonchev–Trinajstić information content (AvgIpc) is 2.55. The van der Waals surface area contributed by atoms with E-state index in [2.05, 4.69) is 36.5 Å². The zero-order valence-corrected chi connectivity index (χ0v) is 13.6. The van der Waals surface area contributed by atoms with Crippen LogP contribution in [0.2, 0.25) is 0 Å². The van der Waals surface area contributed by atoms with Crippen LogP contribution in [0, 0.1) is 6.92 Å². The Labute approximate surface area is 132 Å². The van der Waals surface area contributed by atoms with Crippen molar-refractivity contribution in [3.8, 4) is 17.2 Å². The third kappa shape index (κ3) is 3.71. The second-order valence-electron chi connectivity index (χ2n) is 5.08. The Bertz CT molecular complexity index is 608. The topological polar surface area (TPSA) is 39.7 Å². The first kappa shape index (κ1) is 16.2. The molecule has 2 aromatic rings. The Balaban J connectivity index is 2.07. The minimum absolute atomic E-state index is 0.625. The Hall–Kier alpha value is -2.20. The molecule has 0 unspecified atom stereocenters. The first-order valence-electron chi connectivity index (χ1n) is 7.23. The highest BCUT2D eigenvalue weighted by molar-refractivity contribution is 5.55. The molecule has 0 bridgehead atoms. The van der Waals surface area contributed by atoms with Crippen molar-refractivity contribution < 1.29 is 14.2 Å². The molecule has 0 radical (unpaired) electrons. The van der Waals surface area contributed by atoms with Crippen molar-refractivity contribution >= 4 is 0 Å². The lowest BCUT2D eigenvalue weighted by molar-refractivity contribution is 0.321. The van der Waals surface area contributed by atoms with Gasteiger partial charge in [-0.05, 0) is 18.6 Å². The molecule has 2 aromatic carbocycles. The van der Waals surface area contributed by atoms with Gasteiger partial charge in [0, 0.05) is 18.7 Å². The van der Waals surface area contributed by atoms with E-state index in [0.29, 0.717) is 23.8 Å². The van der Waals surface area contributed by atoms with Crippen molar-refractivity contribution in [1.82, 2.24) is 5.32 Å². The van der Waals surface area contributed by atoms with E-state index >= 15 is 0 Å². The van der Waals surface area contributed by atoms with E-state index in [1.807, 2.05) is 12.1 Å². The lowest BCUT2D eigenvalue weighted by atomic mass is 10.1. The minimum atomic E-state index is 0.625. The Morgan fingerprint density at radius 2 is 1.45 bits per heavy atom. The molecule has 0 saturated carbocycles. The highest BCUT2D eigenvalue weighted by Gasteiger charge is 2.15. The average molecular weight is 301 g/mol. The second-order valence-corrected chi connectivity index (χ2v) is 5.08. The van der Waals surface area contributed by atoms with Gasteiger partial charge >= 0.3 is 0 Å². The van der Waals surface area contributed by atoms with E-state index in [4.69, 9.17) is 14.2 Å². The van der Waals surface area contributed by atoms with Crippen LogP contribution in [0.1, 0.15) is 16.7 Å². The van der Waals surface area contributed by atoms with Crippen molar-refractivity contribution in [3.05, 3.63) is 53.1 Å². The molecule has 0 heterocycles. The van der Waals surface area contributed by atoms with Gasteiger partial charge in [0.2, 0.25) is 5.75 Å². The number of benzene rings is 2. The van der Waals surface area contributed by atoms with Crippen LogP contribution in [-0.2, 0) is 13.1 Å². The summed E-state index contributed by atoms with van der Waals surface area (Å²) in [7, 11) is 4.87. The van der Waals surface area contributed by atoms with E-state index in [9.17, 15) is 0 Å². The first-order chi connectivity index (χ1) is 10.7. The quantitative estimate of drug-likeness (QED) is 0.851. The molecule has 1 N–H and O–H groups in total. The van der Waals surface area contributed by atoms with E-state index < -0.39 is 0 Å². The van der Waals surface area contributed by atoms with Crippen LogP contribution >= 0.6 is 0 Å². The number of aryl methyl sites for hydroxylation is 1. The molecule has 0 saturated heterocycles. The zero-order valence-electron chi connectivity index (χ0n) is 13.6. The van der Waals surface area contributed by atoms with Gasteiger partial charge in [0.15, 0.2) is 11.5 Å². The number of ether oxygens (including phenoxy) is 3. The van der Waals surface area contributed by atoms with Gasteiger partial charge < -0.3 is 19.5 Å². The van der Waals surface area contributed by atoms with Crippen LogP contribution in [0.4, 0.5) is 0 Å². The first-order valence-corrected chi connectivity index (χ1v) is 7.23. The smallest absolute Gasteiger partial charge is 0.203 e. The molecular formula is C18H23NO3. The molecule has 0 fully saturated rings. The Morgan fingerprint density at radius 3 is 2.05 bits per heavy atom. The molecule has 0 aromatic heterocycles. The summed E-state index contributed by atoms with van der Waals surface area (Å²) in [6, 6.07) is 12.4. The van der Waals surface area contributed by atoms with Crippen LogP contribution in [-0.4, -0.2) is 21.3 Å². The number of rotatable bonds is 7. The summed E-state index contributed by atoms with van der Waals surface area (Å²) in [5.74, 6) is 2.00. The van der Waals surface area contributed by atoms with Gasteiger partial charge in [-0.3, -0.25) is 0 Å². The number of methoxy groups -OCH3 is 3. The maximum absolute atomic E-state index is 5.48. The number of hydrogen-bond donors (Lipinski definition) is 1. The fourth-order valence-electron chi connectivity index (χ4n) is 2.35. The van der Waals surface area contributed by atoms with Gasteiger partial charge in [0.25, 0.3) is 0 Å². The largest absolute Gasteiger partial charge is 0.493 e. The lowest BCUT2D eigenvalue weighted by Crippen LogP contribution is -2.13.